The number of nitrogens with two attached hydrogens (primary N) is 1. The molecule has 9 heteroatoms. The Labute approximate surface area is 202 Å². The molecule has 1 amide bonds. The van der Waals surface area contributed by atoms with Crippen molar-refractivity contribution in [3.8, 4) is 6.07 Å². The average molecular weight is 473 g/mol. The van der Waals surface area contributed by atoms with Gasteiger partial charge in [-0.25, -0.2) is 9.59 Å². The molecule has 0 aliphatic carbocycles. The quantitative estimate of drug-likeness (QED) is 0.659. The number of anilines is 2. The molecule has 35 heavy (non-hydrogen) atoms. The van der Waals surface area contributed by atoms with Gasteiger partial charge in [0.25, 0.3) is 0 Å². The maximum absolute atomic E-state index is 13.2. The van der Waals surface area contributed by atoms with Crippen molar-refractivity contribution in [2.75, 3.05) is 30.6 Å². The maximum atomic E-state index is 13.2. The number of benzene rings is 2. The van der Waals surface area contributed by atoms with Gasteiger partial charge in [0.2, 0.25) is 5.91 Å². The number of carbonyl (C=O) groups excluding carboxylic acids is 3. The van der Waals surface area contributed by atoms with Gasteiger partial charge in [0.05, 0.1) is 48.7 Å². The van der Waals surface area contributed by atoms with E-state index in [1.807, 2.05) is 0 Å². The number of allylic oxidation sites excluding steroid dienone is 1. The molecule has 2 aromatic carbocycles. The second-order valence-corrected chi connectivity index (χ2v) is 7.97. The van der Waals surface area contributed by atoms with E-state index in [0.717, 1.165) is 0 Å². The number of ether oxygens (including phenoxy) is 2. The molecular weight excluding hydrogens is 448 g/mol. The highest BCUT2D eigenvalue weighted by Gasteiger charge is 2.44. The monoisotopic (exact) mass is 472 g/mol. The molecule has 0 spiro atoms. The van der Waals surface area contributed by atoms with E-state index in [2.05, 4.69) is 6.07 Å². The number of rotatable bonds is 5. The van der Waals surface area contributed by atoms with Gasteiger partial charge >= 0.3 is 11.9 Å². The number of para-hydroxylation sites is 2. The van der Waals surface area contributed by atoms with Crippen LogP contribution in [-0.2, 0) is 23.9 Å². The summed E-state index contributed by atoms with van der Waals surface area (Å²) in [5.74, 6) is -2.72. The third-order valence-corrected chi connectivity index (χ3v) is 6.10. The normalized spacial score (nSPS) is 18.0. The molecule has 0 radical (unpaired) electrons. The molecule has 0 saturated carbocycles. The lowest BCUT2D eigenvalue weighted by Gasteiger charge is -2.37. The summed E-state index contributed by atoms with van der Waals surface area (Å²) >= 11 is 0. The van der Waals surface area contributed by atoms with Crippen LogP contribution in [-0.4, -0.2) is 38.6 Å². The van der Waals surface area contributed by atoms with E-state index in [0.29, 0.717) is 36.3 Å². The predicted octanol–water partition coefficient (Wildman–Crippen LogP) is 2.71. The lowest BCUT2D eigenvalue weighted by Crippen LogP contribution is -2.41. The summed E-state index contributed by atoms with van der Waals surface area (Å²) < 4.78 is 10.1. The number of hydrogen-bond donors (Lipinski definition) is 1. The Hall–Kier alpha value is -4.58. The molecule has 2 N–H and O–H groups in total. The van der Waals surface area contributed by atoms with Crippen molar-refractivity contribution >= 4 is 29.2 Å². The van der Waals surface area contributed by atoms with Crippen molar-refractivity contribution in [1.29, 1.82) is 5.26 Å². The van der Waals surface area contributed by atoms with Crippen LogP contribution in [0.2, 0.25) is 0 Å². The lowest BCUT2D eigenvalue weighted by molar-refractivity contribution is -0.139. The van der Waals surface area contributed by atoms with Gasteiger partial charge in [-0.15, -0.1) is 0 Å². The van der Waals surface area contributed by atoms with Crippen LogP contribution in [0.3, 0.4) is 0 Å². The molecule has 1 saturated heterocycles. The Morgan fingerprint density at radius 1 is 1.00 bits per heavy atom. The minimum absolute atomic E-state index is 0.0477. The number of methoxy groups -OCH3 is 2. The second-order valence-electron chi connectivity index (χ2n) is 7.97. The lowest BCUT2D eigenvalue weighted by atomic mass is 9.81. The van der Waals surface area contributed by atoms with Crippen molar-refractivity contribution in [1.82, 2.24) is 0 Å². The topological polar surface area (TPSA) is 126 Å². The van der Waals surface area contributed by atoms with Crippen LogP contribution in [0.1, 0.15) is 24.3 Å². The van der Waals surface area contributed by atoms with Crippen molar-refractivity contribution in [3.63, 3.8) is 0 Å². The maximum Gasteiger partial charge on any atom is 0.355 e. The third kappa shape index (κ3) is 3.99. The van der Waals surface area contributed by atoms with Gasteiger partial charge in [-0.3, -0.25) is 9.69 Å². The first-order valence-corrected chi connectivity index (χ1v) is 11.0. The Balaban J connectivity index is 2.06. The average Bonchev–Trinajstić information content (AvgIpc) is 3.33. The van der Waals surface area contributed by atoms with Gasteiger partial charge in [0.15, 0.2) is 0 Å². The standard InChI is InChI=1S/C26H24N4O5/c1-34-25(32)22-21(16-9-4-3-5-10-16)17(15-27)24(28)30(23(22)26(33)35-2)19-12-7-6-11-18(19)29-14-8-13-20(29)31/h3-7,9-12,21H,8,13-14,28H2,1-2H3. The van der Waals surface area contributed by atoms with Crippen LogP contribution >= 0.6 is 0 Å². The van der Waals surface area contributed by atoms with E-state index in [9.17, 15) is 19.6 Å². The zero-order valence-electron chi connectivity index (χ0n) is 19.4. The molecule has 2 aliphatic heterocycles. The smallest absolute Gasteiger partial charge is 0.355 e. The molecule has 0 bridgehead atoms. The fourth-order valence-corrected chi connectivity index (χ4v) is 4.55. The van der Waals surface area contributed by atoms with E-state index in [4.69, 9.17) is 15.2 Å². The summed E-state index contributed by atoms with van der Waals surface area (Å²) in [5.41, 5.74) is 7.81. The number of amides is 1. The molecule has 1 unspecified atom stereocenters. The van der Waals surface area contributed by atoms with E-state index in [1.54, 1.807) is 59.5 Å². The summed E-state index contributed by atoms with van der Waals surface area (Å²) in [5, 5.41) is 10.2. The van der Waals surface area contributed by atoms with Gasteiger partial charge in [-0.1, -0.05) is 42.5 Å². The molecule has 0 aromatic heterocycles. The number of carbonyl (C=O) groups is 3. The molecule has 9 nitrogen and oxygen atoms in total. The molecule has 1 fully saturated rings. The van der Waals surface area contributed by atoms with E-state index in [1.165, 1.54) is 19.1 Å². The fourth-order valence-electron chi connectivity index (χ4n) is 4.55. The van der Waals surface area contributed by atoms with Gasteiger partial charge in [-0.05, 0) is 24.1 Å². The summed E-state index contributed by atoms with van der Waals surface area (Å²) in [7, 11) is 2.39. The Morgan fingerprint density at radius 2 is 1.63 bits per heavy atom. The van der Waals surface area contributed by atoms with Gasteiger partial charge < -0.3 is 20.1 Å². The number of hydrogen-bond acceptors (Lipinski definition) is 8. The highest BCUT2D eigenvalue weighted by atomic mass is 16.5. The van der Waals surface area contributed by atoms with Crippen molar-refractivity contribution in [2.24, 2.45) is 5.73 Å². The first kappa shape index (κ1) is 23.6. The van der Waals surface area contributed by atoms with Crippen LogP contribution in [0, 0.1) is 11.3 Å². The van der Waals surface area contributed by atoms with Gasteiger partial charge in [0, 0.05) is 13.0 Å². The van der Waals surface area contributed by atoms with Crippen LogP contribution in [0.15, 0.2) is 77.3 Å². The van der Waals surface area contributed by atoms with Crippen molar-refractivity contribution in [3.05, 3.63) is 82.8 Å². The Morgan fingerprint density at radius 3 is 2.20 bits per heavy atom. The third-order valence-electron chi connectivity index (χ3n) is 6.10. The Kier molecular flexibility index (Phi) is 6.55. The highest BCUT2D eigenvalue weighted by molar-refractivity contribution is 6.08. The minimum atomic E-state index is -0.959. The zero-order valence-corrected chi connectivity index (χ0v) is 19.4. The Bertz CT molecular complexity index is 1290. The number of esters is 2. The first-order chi connectivity index (χ1) is 16.9. The van der Waals surface area contributed by atoms with Crippen LogP contribution in [0.5, 0.6) is 0 Å². The molecule has 178 valence electrons. The van der Waals surface area contributed by atoms with Crippen LogP contribution in [0.25, 0.3) is 0 Å². The van der Waals surface area contributed by atoms with E-state index in [-0.39, 0.29) is 28.6 Å². The molecule has 2 aromatic rings. The summed E-state index contributed by atoms with van der Waals surface area (Å²) in [6, 6.07) is 17.8. The molecular formula is C26H24N4O5. The molecule has 4 rings (SSSR count). The fraction of sp³-hybridized carbons (Fsp3) is 0.231. The first-order valence-electron chi connectivity index (χ1n) is 11.0. The largest absolute Gasteiger partial charge is 0.466 e. The highest BCUT2D eigenvalue weighted by Crippen LogP contribution is 2.45. The molecule has 2 heterocycles. The summed E-state index contributed by atoms with van der Waals surface area (Å²) in [4.78, 5) is 41.9. The van der Waals surface area contributed by atoms with Crippen LogP contribution < -0.4 is 15.5 Å². The van der Waals surface area contributed by atoms with E-state index >= 15 is 0 Å². The SMILES string of the molecule is COC(=O)C1=C(C(=O)OC)N(c2ccccc2N2CCCC2=O)C(N)=C(C#N)C1c1ccccc1. The summed E-state index contributed by atoms with van der Waals surface area (Å²) in [6.45, 7) is 0.492. The van der Waals surface area contributed by atoms with E-state index < -0.39 is 17.9 Å². The van der Waals surface area contributed by atoms with Crippen LogP contribution in [0.4, 0.5) is 11.4 Å². The number of nitriles is 1. The molecule has 2 aliphatic rings. The number of nitrogens with zero attached hydrogens (tertiary/aromatic N) is 3. The van der Waals surface area contributed by atoms with Crippen molar-refractivity contribution in [2.45, 2.75) is 18.8 Å². The minimum Gasteiger partial charge on any atom is -0.466 e. The zero-order chi connectivity index (χ0) is 25.1. The second kappa shape index (κ2) is 9.73. The van der Waals surface area contributed by atoms with Crippen molar-refractivity contribution < 1.29 is 23.9 Å². The van der Waals surface area contributed by atoms with Gasteiger partial charge in [-0.2, -0.15) is 5.26 Å². The predicted molar refractivity (Wildman–Crippen MR) is 128 cm³/mol. The van der Waals surface area contributed by atoms with Gasteiger partial charge in [0.1, 0.15) is 11.5 Å². The summed E-state index contributed by atoms with van der Waals surface area (Å²) in [6.07, 6.45) is 1.08. The molecule has 1 atom stereocenters.